The number of nitrogens with two attached hydrogens (primary N) is 1. The van der Waals surface area contributed by atoms with Crippen molar-refractivity contribution in [2.24, 2.45) is 5.14 Å². The fourth-order valence-corrected chi connectivity index (χ4v) is 4.02. The fourth-order valence-electron chi connectivity index (χ4n) is 3.46. The largest absolute Gasteiger partial charge is 0.416 e. The Morgan fingerprint density at radius 2 is 1.68 bits per heavy atom. The van der Waals surface area contributed by atoms with Gasteiger partial charge in [-0.15, -0.1) is 0 Å². The number of carbonyl (C=O) groups is 1. The van der Waals surface area contributed by atoms with Gasteiger partial charge < -0.3 is 20.9 Å². The van der Waals surface area contributed by atoms with Gasteiger partial charge in [0.25, 0.3) is 0 Å². The van der Waals surface area contributed by atoms with Crippen molar-refractivity contribution in [2.45, 2.75) is 11.1 Å². The summed E-state index contributed by atoms with van der Waals surface area (Å²) in [5.74, 6) is -0.359. The molecule has 3 aromatic carbocycles. The summed E-state index contributed by atoms with van der Waals surface area (Å²) in [6.45, 7) is 0. The lowest BCUT2D eigenvalue weighted by Gasteiger charge is -2.19. The van der Waals surface area contributed by atoms with Gasteiger partial charge in [-0.05, 0) is 66.7 Å². The Balaban J connectivity index is 1.42. The summed E-state index contributed by atoms with van der Waals surface area (Å²) in [7, 11) is -2.17. The number of amides is 2. The first kappa shape index (κ1) is 28.3. The number of primary sulfonamides is 1. The van der Waals surface area contributed by atoms with Crippen LogP contribution in [0.1, 0.15) is 5.56 Å². The Bertz CT molecular complexity index is 1650. The molecule has 0 atom stereocenters. The van der Waals surface area contributed by atoms with E-state index in [4.69, 9.17) is 5.14 Å². The summed E-state index contributed by atoms with van der Waals surface area (Å²) in [5, 5.41) is 12.6. The Kier molecular flexibility index (Phi) is 7.88. The molecular weight excluding hydrogens is 554 g/mol. The third kappa shape index (κ3) is 7.00. The molecule has 0 aliphatic rings. The van der Waals surface area contributed by atoms with Crippen LogP contribution >= 0.6 is 0 Å². The summed E-state index contributed by atoms with van der Waals surface area (Å²) in [6, 6.07) is 14.6. The number of halogens is 4. The van der Waals surface area contributed by atoms with Crippen molar-refractivity contribution >= 4 is 50.6 Å². The fraction of sp³-hybridized carbons (Fsp3) is 0.0800. The molecule has 1 aromatic heterocycles. The second-order valence-electron chi connectivity index (χ2n) is 8.31. The average molecular weight is 576 g/mol. The number of hydrogen-bond donors (Lipinski definition) is 4. The van der Waals surface area contributed by atoms with Crippen LogP contribution < -0.4 is 26.0 Å². The van der Waals surface area contributed by atoms with E-state index in [1.165, 1.54) is 36.5 Å². The van der Waals surface area contributed by atoms with E-state index in [9.17, 15) is 30.8 Å². The highest BCUT2D eigenvalue weighted by Crippen LogP contribution is 2.32. The second-order valence-corrected chi connectivity index (χ2v) is 9.88. The lowest BCUT2D eigenvalue weighted by Crippen LogP contribution is -2.20. The summed E-state index contributed by atoms with van der Waals surface area (Å²) in [5.41, 5.74) is -0.368. The molecule has 5 N–H and O–H groups in total. The van der Waals surface area contributed by atoms with Gasteiger partial charge >= 0.3 is 12.2 Å². The topological polar surface area (TPSA) is 142 Å². The van der Waals surface area contributed by atoms with E-state index >= 15 is 0 Å². The molecule has 40 heavy (non-hydrogen) atoms. The Morgan fingerprint density at radius 3 is 2.35 bits per heavy atom. The molecule has 0 radical (unpaired) electrons. The lowest BCUT2D eigenvalue weighted by atomic mass is 10.2. The van der Waals surface area contributed by atoms with Crippen molar-refractivity contribution in [2.75, 3.05) is 27.9 Å². The van der Waals surface area contributed by atoms with E-state index in [0.29, 0.717) is 41.1 Å². The minimum Gasteiger partial charge on any atom is -0.329 e. The zero-order valence-electron chi connectivity index (χ0n) is 20.6. The molecule has 2 amide bonds. The van der Waals surface area contributed by atoms with Gasteiger partial charge in [0.15, 0.2) is 0 Å². The molecule has 10 nitrogen and oxygen atoms in total. The van der Waals surface area contributed by atoms with E-state index in [1.54, 1.807) is 36.2 Å². The highest BCUT2D eigenvalue weighted by atomic mass is 32.2. The zero-order valence-corrected chi connectivity index (χ0v) is 21.4. The van der Waals surface area contributed by atoms with Crippen LogP contribution in [0.2, 0.25) is 0 Å². The number of aromatic nitrogens is 2. The molecular formula is C25H21F4N7O3S. The first-order valence-corrected chi connectivity index (χ1v) is 12.9. The van der Waals surface area contributed by atoms with Crippen LogP contribution in [0.25, 0.3) is 0 Å². The van der Waals surface area contributed by atoms with E-state index in [-0.39, 0.29) is 10.8 Å². The lowest BCUT2D eigenvalue weighted by molar-refractivity contribution is -0.137. The standard InChI is InChI=1S/C25H21F4N7O3S/c1-36(22-11-12-31-23(35-22)32-17-3-2-4-19(14-17)40(30,38)39)18-8-6-16(7-9-18)33-24(37)34-21-13-15(25(27,28)29)5-10-20(21)26/h2-14H,1H3,(H2,30,38,39)(H,31,32,35)(H2,33,34,37). The molecule has 0 bridgehead atoms. The molecule has 208 valence electrons. The van der Waals surface area contributed by atoms with Crippen LogP contribution in [0.15, 0.2) is 83.9 Å². The number of rotatable bonds is 7. The predicted octanol–water partition coefficient (Wildman–Crippen LogP) is 5.44. The molecule has 0 unspecified atom stereocenters. The van der Waals surface area contributed by atoms with Gasteiger partial charge in [0.1, 0.15) is 11.6 Å². The van der Waals surface area contributed by atoms with Crippen molar-refractivity contribution in [3.8, 4) is 0 Å². The summed E-state index contributed by atoms with van der Waals surface area (Å²) in [4.78, 5) is 22.4. The number of hydrogen-bond acceptors (Lipinski definition) is 7. The Labute approximate surface area is 225 Å². The number of nitrogens with zero attached hydrogens (tertiary/aromatic N) is 3. The number of nitrogens with one attached hydrogen (secondary N) is 3. The van der Waals surface area contributed by atoms with Gasteiger partial charge in [0.2, 0.25) is 16.0 Å². The van der Waals surface area contributed by atoms with Crippen LogP contribution in [0, 0.1) is 5.82 Å². The SMILES string of the molecule is CN(c1ccc(NC(=O)Nc2cc(C(F)(F)F)ccc2F)cc1)c1ccnc(Nc2cccc(S(N)(=O)=O)c2)n1. The normalized spacial score (nSPS) is 11.6. The van der Waals surface area contributed by atoms with Gasteiger partial charge in [-0.1, -0.05) is 6.07 Å². The molecule has 4 aromatic rings. The predicted molar refractivity (Wildman–Crippen MR) is 142 cm³/mol. The van der Waals surface area contributed by atoms with E-state index in [2.05, 4.69) is 25.9 Å². The minimum absolute atomic E-state index is 0.0758. The van der Waals surface area contributed by atoms with E-state index < -0.39 is 39.3 Å². The summed E-state index contributed by atoms with van der Waals surface area (Å²) in [6.07, 6.45) is -3.19. The molecule has 4 rings (SSSR count). The maximum atomic E-state index is 13.9. The number of urea groups is 1. The molecule has 0 saturated carbocycles. The smallest absolute Gasteiger partial charge is 0.329 e. The minimum atomic E-state index is -4.69. The molecule has 15 heteroatoms. The van der Waals surface area contributed by atoms with Crippen molar-refractivity contribution in [1.29, 1.82) is 0 Å². The van der Waals surface area contributed by atoms with E-state index in [1.807, 2.05) is 0 Å². The van der Waals surface area contributed by atoms with E-state index in [0.717, 1.165) is 0 Å². The highest BCUT2D eigenvalue weighted by molar-refractivity contribution is 7.89. The van der Waals surface area contributed by atoms with Crippen LogP contribution in [0.3, 0.4) is 0 Å². The van der Waals surface area contributed by atoms with Gasteiger partial charge in [0.05, 0.1) is 16.1 Å². The van der Waals surface area contributed by atoms with Gasteiger partial charge in [-0.3, -0.25) is 0 Å². The summed E-state index contributed by atoms with van der Waals surface area (Å²) < 4.78 is 75.8. The maximum absolute atomic E-state index is 13.9. The van der Waals surface area contributed by atoms with Gasteiger partial charge in [0, 0.05) is 30.3 Å². The number of sulfonamides is 1. The van der Waals surface area contributed by atoms with Crippen molar-refractivity contribution in [3.05, 3.63) is 90.4 Å². The van der Waals surface area contributed by atoms with Gasteiger partial charge in [-0.2, -0.15) is 18.2 Å². The number of alkyl halides is 3. The molecule has 0 saturated heterocycles. The van der Waals surface area contributed by atoms with Crippen molar-refractivity contribution in [3.63, 3.8) is 0 Å². The zero-order chi connectivity index (χ0) is 29.1. The van der Waals surface area contributed by atoms with Crippen LogP contribution in [-0.2, 0) is 16.2 Å². The third-order valence-corrected chi connectivity index (χ3v) is 6.37. The first-order valence-electron chi connectivity index (χ1n) is 11.3. The third-order valence-electron chi connectivity index (χ3n) is 5.46. The number of carbonyl (C=O) groups excluding carboxylic acids is 1. The molecule has 0 aliphatic carbocycles. The molecule has 0 aliphatic heterocycles. The molecule has 0 spiro atoms. The van der Waals surface area contributed by atoms with Crippen molar-refractivity contribution in [1.82, 2.24) is 9.97 Å². The summed E-state index contributed by atoms with van der Waals surface area (Å²) >= 11 is 0. The molecule has 1 heterocycles. The van der Waals surface area contributed by atoms with Crippen LogP contribution in [0.5, 0.6) is 0 Å². The van der Waals surface area contributed by atoms with Crippen molar-refractivity contribution < 1.29 is 30.8 Å². The average Bonchev–Trinajstić information content (AvgIpc) is 2.89. The monoisotopic (exact) mass is 575 g/mol. The Hall–Kier alpha value is -4.76. The second kappa shape index (κ2) is 11.2. The quantitative estimate of drug-likeness (QED) is 0.215. The first-order chi connectivity index (χ1) is 18.8. The van der Waals surface area contributed by atoms with Crippen LogP contribution in [-0.4, -0.2) is 31.5 Å². The molecule has 0 fully saturated rings. The number of benzene rings is 3. The van der Waals surface area contributed by atoms with Gasteiger partial charge in [-0.25, -0.2) is 27.7 Å². The highest BCUT2D eigenvalue weighted by Gasteiger charge is 2.31. The number of anilines is 6. The Morgan fingerprint density at radius 1 is 0.950 bits per heavy atom. The van der Waals surface area contributed by atoms with Crippen LogP contribution in [0.4, 0.5) is 56.9 Å². The maximum Gasteiger partial charge on any atom is 0.416 e.